The third kappa shape index (κ3) is 5.25. The number of unbranched alkanes of at least 4 members (excludes halogenated alkanes) is 2. The first-order chi connectivity index (χ1) is 13.7. The molecule has 0 radical (unpaired) electrons. The van der Waals surface area contributed by atoms with Gasteiger partial charge in [-0.15, -0.1) is 0 Å². The van der Waals surface area contributed by atoms with Crippen LogP contribution in [0.1, 0.15) is 64.7 Å². The standard InChI is InChI=1S/C20H34N6O2/c1-3-4-14-28-19-24-17(21)16-18(25-19)26(20(23-16)27-2)13-9-7-11-15-10-6-5-8-12-22-15/h15,22H,3-14H2,1-2H3,(H2,21,24,25). The van der Waals surface area contributed by atoms with E-state index in [9.17, 15) is 0 Å². The first-order valence-electron chi connectivity index (χ1n) is 10.7. The number of rotatable bonds is 10. The average Bonchev–Trinajstić information content (AvgIpc) is 2.86. The van der Waals surface area contributed by atoms with Gasteiger partial charge in [0.2, 0.25) is 0 Å². The highest BCUT2D eigenvalue weighted by atomic mass is 16.5. The van der Waals surface area contributed by atoms with Gasteiger partial charge in [-0.05, 0) is 38.6 Å². The summed E-state index contributed by atoms with van der Waals surface area (Å²) >= 11 is 0. The molecule has 2 aromatic rings. The monoisotopic (exact) mass is 390 g/mol. The van der Waals surface area contributed by atoms with E-state index in [-0.39, 0.29) is 0 Å². The van der Waals surface area contributed by atoms with E-state index >= 15 is 0 Å². The molecule has 1 atom stereocenters. The molecule has 3 heterocycles. The Morgan fingerprint density at radius 1 is 1.14 bits per heavy atom. The Hall–Kier alpha value is -2.09. The van der Waals surface area contributed by atoms with Crippen molar-refractivity contribution in [1.29, 1.82) is 0 Å². The number of nitrogen functional groups attached to an aromatic ring is 1. The van der Waals surface area contributed by atoms with Crippen molar-refractivity contribution in [3.8, 4) is 12.0 Å². The fraction of sp³-hybridized carbons (Fsp3) is 0.750. The normalized spacial score (nSPS) is 17.6. The van der Waals surface area contributed by atoms with Crippen molar-refractivity contribution in [2.45, 2.75) is 77.3 Å². The fourth-order valence-electron chi connectivity index (χ4n) is 3.72. The quantitative estimate of drug-likeness (QED) is 0.600. The zero-order valence-electron chi connectivity index (χ0n) is 17.2. The molecule has 1 saturated heterocycles. The Kier molecular flexibility index (Phi) is 7.71. The third-order valence-corrected chi connectivity index (χ3v) is 5.32. The molecule has 1 aliphatic heterocycles. The summed E-state index contributed by atoms with van der Waals surface area (Å²) in [5, 5.41) is 3.67. The lowest BCUT2D eigenvalue weighted by Crippen LogP contribution is -2.28. The van der Waals surface area contributed by atoms with E-state index in [4.69, 9.17) is 15.2 Å². The minimum Gasteiger partial charge on any atom is -0.468 e. The molecule has 0 saturated carbocycles. The lowest BCUT2D eigenvalue weighted by atomic mass is 10.0. The van der Waals surface area contributed by atoms with Crippen LogP contribution in [0, 0.1) is 0 Å². The Labute approximate surface area is 167 Å². The van der Waals surface area contributed by atoms with Gasteiger partial charge < -0.3 is 20.5 Å². The van der Waals surface area contributed by atoms with Gasteiger partial charge in [0.05, 0.1) is 13.7 Å². The number of nitrogens with one attached hydrogen (secondary N) is 1. The zero-order valence-corrected chi connectivity index (χ0v) is 17.2. The molecule has 8 nitrogen and oxygen atoms in total. The van der Waals surface area contributed by atoms with E-state index in [1.807, 2.05) is 4.57 Å². The van der Waals surface area contributed by atoms with Crippen molar-refractivity contribution in [2.75, 3.05) is 26.0 Å². The van der Waals surface area contributed by atoms with E-state index < -0.39 is 0 Å². The van der Waals surface area contributed by atoms with Crippen molar-refractivity contribution >= 4 is 17.0 Å². The molecule has 1 unspecified atom stereocenters. The molecule has 3 N–H and O–H groups in total. The van der Waals surface area contributed by atoms with Crippen LogP contribution in [0.25, 0.3) is 11.2 Å². The van der Waals surface area contributed by atoms with E-state index in [1.54, 1.807) is 7.11 Å². The van der Waals surface area contributed by atoms with Crippen molar-refractivity contribution in [1.82, 2.24) is 24.8 Å². The molecule has 0 spiro atoms. The second-order valence-electron chi connectivity index (χ2n) is 7.51. The number of anilines is 1. The Morgan fingerprint density at radius 3 is 2.86 bits per heavy atom. The van der Waals surface area contributed by atoms with Gasteiger partial charge in [-0.1, -0.05) is 32.6 Å². The Balaban J connectivity index is 1.66. The molecule has 1 fully saturated rings. The number of nitrogens with zero attached hydrogens (tertiary/aromatic N) is 4. The number of aromatic nitrogens is 4. The number of nitrogens with two attached hydrogens (primary N) is 1. The van der Waals surface area contributed by atoms with Gasteiger partial charge in [0, 0.05) is 12.6 Å². The van der Waals surface area contributed by atoms with E-state index in [0.29, 0.717) is 41.7 Å². The molecule has 0 aromatic carbocycles. The molecule has 0 aliphatic carbocycles. The molecule has 8 heteroatoms. The molecular weight excluding hydrogens is 356 g/mol. The van der Waals surface area contributed by atoms with Crippen LogP contribution < -0.4 is 20.5 Å². The molecule has 0 amide bonds. The number of imidazole rings is 1. The van der Waals surface area contributed by atoms with Gasteiger partial charge in [0.25, 0.3) is 6.01 Å². The summed E-state index contributed by atoms with van der Waals surface area (Å²) < 4.78 is 13.1. The van der Waals surface area contributed by atoms with Crippen LogP contribution in [0.5, 0.6) is 12.0 Å². The average molecular weight is 391 g/mol. The SMILES string of the molecule is CCCCOc1nc(N)c2nc(OC)n(CCCCC3CCCCCN3)c2n1. The minimum absolute atomic E-state index is 0.310. The van der Waals surface area contributed by atoms with Crippen molar-refractivity contribution < 1.29 is 9.47 Å². The predicted octanol–water partition coefficient (Wildman–Crippen LogP) is 3.30. The van der Waals surface area contributed by atoms with Crippen LogP contribution in [-0.4, -0.2) is 45.8 Å². The van der Waals surface area contributed by atoms with Crippen LogP contribution in [-0.2, 0) is 6.54 Å². The molecule has 1 aliphatic rings. The van der Waals surface area contributed by atoms with Crippen LogP contribution in [0.3, 0.4) is 0 Å². The molecule has 2 aromatic heterocycles. The van der Waals surface area contributed by atoms with Crippen molar-refractivity contribution in [3.05, 3.63) is 0 Å². The summed E-state index contributed by atoms with van der Waals surface area (Å²) in [4.78, 5) is 13.3. The zero-order chi connectivity index (χ0) is 19.8. The maximum atomic E-state index is 6.09. The highest BCUT2D eigenvalue weighted by molar-refractivity contribution is 5.83. The number of hydrogen-bond acceptors (Lipinski definition) is 7. The van der Waals surface area contributed by atoms with Crippen LogP contribution in [0.4, 0.5) is 5.82 Å². The number of hydrogen-bond donors (Lipinski definition) is 2. The first-order valence-corrected chi connectivity index (χ1v) is 10.7. The van der Waals surface area contributed by atoms with Crippen LogP contribution in [0.2, 0.25) is 0 Å². The van der Waals surface area contributed by atoms with Gasteiger partial charge in [-0.2, -0.15) is 15.0 Å². The van der Waals surface area contributed by atoms with Crippen molar-refractivity contribution in [2.24, 2.45) is 0 Å². The summed E-state index contributed by atoms with van der Waals surface area (Å²) in [7, 11) is 1.62. The maximum Gasteiger partial charge on any atom is 0.320 e. The molecular formula is C20H34N6O2. The third-order valence-electron chi connectivity index (χ3n) is 5.32. The van der Waals surface area contributed by atoms with Gasteiger partial charge in [-0.25, -0.2) is 0 Å². The maximum absolute atomic E-state index is 6.09. The summed E-state index contributed by atoms with van der Waals surface area (Å²) in [6.45, 7) is 4.65. The van der Waals surface area contributed by atoms with Gasteiger partial charge in [-0.3, -0.25) is 4.57 Å². The number of aryl methyl sites for hydroxylation is 1. The largest absolute Gasteiger partial charge is 0.468 e. The van der Waals surface area contributed by atoms with Gasteiger partial charge >= 0.3 is 6.01 Å². The second-order valence-corrected chi connectivity index (χ2v) is 7.51. The molecule has 3 rings (SSSR count). The Bertz CT molecular complexity index is 740. The minimum atomic E-state index is 0.310. The summed E-state index contributed by atoms with van der Waals surface area (Å²) in [5.74, 6) is 0.330. The smallest absolute Gasteiger partial charge is 0.320 e. The number of fused-ring (bicyclic) bond motifs is 1. The van der Waals surface area contributed by atoms with Crippen LogP contribution in [0.15, 0.2) is 0 Å². The number of ether oxygens (including phenoxy) is 2. The van der Waals surface area contributed by atoms with E-state index in [0.717, 1.165) is 38.8 Å². The van der Waals surface area contributed by atoms with E-state index in [2.05, 4.69) is 27.2 Å². The van der Waals surface area contributed by atoms with Gasteiger partial charge in [0.1, 0.15) is 0 Å². The van der Waals surface area contributed by atoms with E-state index in [1.165, 1.54) is 32.1 Å². The lowest BCUT2D eigenvalue weighted by molar-refractivity contribution is 0.286. The Morgan fingerprint density at radius 2 is 2.04 bits per heavy atom. The van der Waals surface area contributed by atoms with Crippen molar-refractivity contribution in [3.63, 3.8) is 0 Å². The lowest BCUT2D eigenvalue weighted by Gasteiger charge is -2.15. The summed E-state index contributed by atoms with van der Waals surface area (Å²) in [6.07, 6.45) is 10.7. The second kappa shape index (κ2) is 10.5. The highest BCUT2D eigenvalue weighted by Gasteiger charge is 2.18. The highest BCUT2D eigenvalue weighted by Crippen LogP contribution is 2.26. The molecule has 156 valence electrons. The first kappa shape index (κ1) is 20.6. The van der Waals surface area contributed by atoms with Crippen LogP contribution >= 0.6 is 0 Å². The summed E-state index contributed by atoms with van der Waals surface area (Å²) in [6, 6.07) is 1.49. The molecule has 28 heavy (non-hydrogen) atoms. The predicted molar refractivity (Wildman–Crippen MR) is 111 cm³/mol. The molecule has 0 bridgehead atoms. The van der Waals surface area contributed by atoms with Gasteiger partial charge in [0.15, 0.2) is 17.0 Å². The summed E-state index contributed by atoms with van der Waals surface area (Å²) in [5.41, 5.74) is 7.35. The number of methoxy groups -OCH3 is 1. The topological polar surface area (TPSA) is 100 Å². The fourth-order valence-corrected chi connectivity index (χ4v) is 3.72.